The molecule has 0 radical (unpaired) electrons. The van der Waals surface area contributed by atoms with Crippen molar-refractivity contribution in [1.29, 1.82) is 0 Å². The van der Waals surface area contributed by atoms with Gasteiger partial charge in [-0.1, -0.05) is 0 Å². The highest BCUT2D eigenvalue weighted by atomic mass is 19.4. The molecule has 0 aliphatic heterocycles. The number of nitrogens with zero attached hydrogens (tertiary/aromatic N) is 1. The van der Waals surface area contributed by atoms with Gasteiger partial charge < -0.3 is 11.1 Å². The first-order valence-corrected chi connectivity index (χ1v) is 4.84. The van der Waals surface area contributed by atoms with Gasteiger partial charge in [0.25, 0.3) is 0 Å². The minimum atomic E-state index is -4.19. The van der Waals surface area contributed by atoms with Crippen LogP contribution in [0.15, 0.2) is 12.3 Å². The molecule has 90 valence electrons. The van der Waals surface area contributed by atoms with Crippen LogP contribution >= 0.6 is 0 Å². The van der Waals surface area contributed by atoms with Gasteiger partial charge in [0.05, 0.1) is 12.1 Å². The van der Waals surface area contributed by atoms with E-state index in [1.54, 1.807) is 13.0 Å². The van der Waals surface area contributed by atoms with E-state index in [9.17, 15) is 13.2 Å². The van der Waals surface area contributed by atoms with Gasteiger partial charge in [-0.2, -0.15) is 13.2 Å². The molecule has 0 aliphatic carbocycles. The van der Waals surface area contributed by atoms with E-state index in [4.69, 9.17) is 5.73 Å². The molecule has 1 aromatic rings. The molecule has 0 spiro atoms. The first kappa shape index (κ1) is 12.6. The van der Waals surface area contributed by atoms with Gasteiger partial charge in [-0.15, -0.1) is 0 Å². The minimum Gasteiger partial charge on any atom is -0.396 e. The minimum absolute atomic E-state index is 0.303. The van der Waals surface area contributed by atoms with Crippen LogP contribution in [0, 0.1) is 6.92 Å². The van der Waals surface area contributed by atoms with Crippen LogP contribution in [0.1, 0.15) is 18.9 Å². The Hall–Kier alpha value is -1.46. The maximum absolute atomic E-state index is 12.1. The van der Waals surface area contributed by atoms with Crippen molar-refractivity contribution < 1.29 is 13.2 Å². The second kappa shape index (κ2) is 4.59. The molecule has 3 nitrogen and oxygen atoms in total. The van der Waals surface area contributed by atoms with Crippen molar-refractivity contribution in [2.45, 2.75) is 32.5 Å². The molecular formula is C10H14F3N3. The number of hydrogen-bond donors (Lipinski definition) is 2. The van der Waals surface area contributed by atoms with E-state index in [0.29, 0.717) is 11.5 Å². The summed E-state index contributed by atoms with van der Waals surface area (Å²) in [4.78, 5) is 3.91. The van der Waals surface area contributed by atoms with E-state index in [1.165, 1.54) is 13.1 Å². The lowest BCUT2D eigenvalue weighted by molar-refractivity contribution is -0.136. The number of pyridine rings is 1. The lowest BCUT2D eigenvalue weighted by Crippen LogP contribution is -2.24. The molecule has 0 bridgehead atoms. The van der Waals surface area contributed by atoms with E-state index in [-0.39, 0.29) is 0 Å². The molecule has 0 aromatic carbocycles. The van der Waals surface area contributed by atoms with Crippen molar-refractivity contribution in [3.8, 4) is 0 Å². The number of aryl methyl sites for hydroxylation is 1. The third-order valence-corrected chi connectivity index (χ3v) is 2.13. The largest absolute Gasteiger partial charge is 0.396 e. The van der Waals surface area contributed by atoms with Gasteiger partial charge >= 0.3 is 6.18 Å². The van der Waals surface area contributed by atoms with E-state index in [2.05, 4.69) is 10.3 Å². The van der Waals surface area contributed by atoms with Gasteiger partial charge in [0.1, 0.15) is 5.82 Å². The molecule has 1 atom stereocenters. The van der Waals surface area contributed by atoms with Crippen LogP contribution in [0.3, 0.4) is 0 Å². The van der Waals surface area contributed by atoms with Crippen molar-refractivity contribution >= 4 is 11.5 Å². The zero-order valence-corrected chi connectivity index (χ0v) is 9.10. The highest BCUT2D eigenvalue weighted by molar-refractivity contribution is 5.65. The van der Waals surface area contributed by atoms with E-state index in [0.717, 1.165) is 5.56 Å². The fraction of sp³-hybridized carbons (Fsp3) is 0.500. The van der Waals surface area contributed by atoms with Gasteiger partial charge in [-0.05, 0) is 25.5 Å². The SMILES string of the molecule is Cc1ccnc(NC(C)CC(F)(F)F)c1N. The monoisotopic (exact) mass is 233 g/mol. The van der Waals surface area contributed by atoms with E-state index < -0.39 is 18.6 Å². The van der Waals surface area contributed by atoms with E-state index in [1.807, 2.05) is 0 Å². The van der Waals surface area contributed by atoms with Crippen LogP contribution in [0.5, 0.6) is 0 Å². The van der Waals surface area contributed by atoms with Crippen LogP contribution in [0.2, 0.25) is 0 Å². The number of aromatic nitrogens is 1. The fourth-order valence-electron chi connectivity index (χ4n) is 1.32. The molecule has 1 heterocycles. The first-order valence-electron chi connectivity index (χ1n) is 4.84. The Labute approximate surface area is 91.9 Å². The summed E-state index contributed by atoms with van der Waals surface area (Å²) in [6.45, 7) is 3.22. The number of rotatable bonds is 3. The van der Waals surface area contributed by atoms with Crippen molar-refractivity contribution in [3.05, 3.63) is 17.8 Å². The summed E-state index contributed by atoms with van der Waals surface area (Å²) in [6.07, 6.45) is -3.60. The van der Waals surface area contributed by atoms with Gasteiger partial charge in [-0.25, -0.2) is 4.98 Å². The predicted molar refractivity (Wildman–Crippen MR) is 57.1 cm³/mol. The highest BCUT2D eigenvalue weighted by Gasteiger charge is 2.30. The van der Waals surface area contributed by atoms with Gasteiger partial charge in [0.2, 0.25) is 0 Å². The highest BCUT2D eigenvalue weighted by Crippen LogP contribution is 2.25. The molecule has 1 unspecified atom stereocenters. The Bertz CT molecular complexity index is 363. The van der Waals surface area contributed by atoms with Crippen LogP contribution < -0.4 is 11.1 Å². The van der Waals surface area contributed by atoms with Crippen molar-refractivity contribution in [2.75, 3.05) is 11.1 Å². The Kier molecular flexibility index (Phi) is 3.62. The lowest BCUT2D eigenvalue weighted by Gasteiger charge is -2.17. The quantitative estimate of drug-likeness (QED) is 0.843. The molecule has 0 saturated heterocycles. The molecular weight excluding hydrogens is 219 g/mol. The number of nitrogens with two attached hydrogens (primary N) is 1. The summed E-state index contributed by atoms with van der Waals surface area (Å²) in [6, 6.07) is 0.950. The number of anilines is 2. The smallest absolute Gasteiger partial charge is 0.391 e. The predicted octanol–water partition coefficient (Wildman–Crippen LogP) is 2.73. The third-order valence-electron chi connectivity index (χ3n) is 2.13. The molecule has 0 amide bonds. The Morgan fingerprint density at radius 1 is 1.50 bits per heavy atom. The summed E-state index contributed by atoms with van der Waals surface area (Å²) in [7, 11) is 0. The zero-order chi connectivity index (χ0) is 12.3. The number of nitrogens with one attached hydrogen (secondary N) is 1. The first-order chi connectivity index (χ1) is 7.29. The van der Waals surface area contributed by atoms with Gasteiger partial charge in [-0.3, -0.25) is 0 Å². The Morgan fingerprint density at radius 3 is 2.69 bits per heavy atom. The zero-order valence-electron chi connectivity index (χ0n) is 9.10. The van der Waals surface area contributed by atoms with Crippen molar-refractivity contribution in [1.82, 2.24) is 4.98 Å². The maximum Gasteiger partial charge on any atom is 0.391 e. The van der Waals surface area contributed by atoms with Gasteiger partial charge in [0.15, 0.2) is 0 Å². The van der Waals surface area contributed by atoms with Gasteiger partial charge in [0, 0.05) is 12.2 Å². The molecule has 0 saturated carbocycles. The third kappa shape index (κ3) is 3.60. The summed E-state index contributed by atoms with van der Waals surface area (Å²) < 4.78 is 36.3. The molecule has 1 aromatic heterocycles. The average Bonchev–Trinajstić information content (AvgIpc) is 2.09. The second-order valence-electron chi connectivity index (χ2n) is 3.75. The lowest BCUT2D eigenvalue weighted by atomic mass is 10.2. The molecule has 1 rings (SSSR count). The van der Waals surface area contributed by atoms with Crippen LogP contribution in [0.4, 0.5) is 24.7 Å². The molecule has 0 fully saturated rings. The molecule has 3 N–H and O–H groups in total. The Morgan fingerprint density at radius 2 is 2.12 bits per heavy atom. The summed E-state index contributed by atoms with van der Waals surface area (Å²) in [5, 5.41) is 2.65. The number of alkyl halides is 3. The normalized spacial score (nSPS) is 13.6. The molecule has 16 heavy (non-hydrogen) atoms. The fourth-order valence-corrected chi connectivity index (χ4v) is 1.32. The van der Waals surface area contributed by atoms with Crippen molar-refractivity contribution in [3.63, 3.8) is 0 Å². The average molecular weight is 233 g/mol. The maximum atomic E-state index is 12.1. The van der Waals surface area contributed by atoms with E-state index >= 15 is 0 Å². The summed E-state index contributed by atoms with van der Waals surface area (Å²) in [5.41, 5.74) is 6.86. The van der Waals surface area contributed by atoms with Crippen LogP contribution in [0.25, 0.3) is 0 Å². The van der Waals surface area contributed by atoms with Crippen LogP contribution in [-0.4, -0.2) is 17.2 Å². The number of halogens is 3. The second-order valence-corrected chi connectivity index (χ2v) is 3.75. The van der Waals surface area contributed by atoms with Crippen molar-refractivity contribution in [2.24, 2.45) is 0 Å². The summed E-state index contributed by atoms with van der Waals surface area (Å²) >= 11 is 0. The Balaban J connectivity index is 2.70. The molecule has 6 heteroatoms. The number of nitrogen functional groups attached to an aromatic ring is 1. The van der Waals surface area contributed by atoms with Crippen LogP contribution in [-0.2, 0) is 0 Å². The standard InChI is InChI=1S/C10H14F3N3/c1-6-3-4-15-9(8(6)14)16-7(2)5-10(11,12)13/h3-4,7H,5,14H2,1-2H3,(H,15,16). The number of hydrogen-bond acceptors (Lipinski definition) is 3. The summed E-state index contributed by atoms with van der Waals surface area (Å²) in [5.74, 6) is 0.303. The topological polar surface area (TPSA) is 50.9 Å². The molecule has 0 aliphatic rings.